The van der Waals surface area contributed by atoms with Crippen LogP contribution in [0.4, 0.5) is 0 Å². The van der Waals surface area contributed by atoms with E-state index < -0.39 is 9.84 Å². The van der Waals surface area contributed by atoms with E-state index in [1.807, 2.05) is 60.7 Å². The molecule has 0 heterocycles. The molecule has 0 aliphatic carbocycles. The Morgan fingerprint density at radius 3 is 2.36 bits per heavy atom. The Morgan fingerprint density at radius 2 is 1.64 bits per heavy atom. The highest BCUT2D eigenvalue weighted by Gasteiger charge is 2.15. The molecule has 116 valence electrons. The van der Waals surface area contributed by atoms with Crippen molar-refractivity contribution in [2.24, 2.45) is 0 Å². The molecule has 5 heteroatoms. The summed E-state index contributed by atoms with van der Waals surface area (Å²) in [5.41, 5.74) is 1.69. The second kappa shape index (κ2) is 8.46. The predicted octanol–water partition coefficient (Wildman–Crippen LogP) is 4.73. The fourth-order valence-electron chi connectivity index (χ4n) is 1.97. The van der Waals surface area contributed by atoms with Crippen molar-refractivity contribution in [3.63, 3.8) is 0 Å². The molecule has 0 unspecified atom stereocenters. The van der Waals surface area contributed by atoms with Gasteiger partial charge in [-0.3, -0.25) is 0 Å². The second-order valence-electron chi connectivity index (χ2n) is 4.78. The first-order valence-electron chi connectivity index (χ1n) is 6.83. The predicted molar refractivity (Wildman–Crippen MR) is 97.7 cm³/mol. The van der Waals surface area contributed by atoms with Crippen molar-refractivity contribution in [3.05, 3.63) is 78.4 Å². The van der Waals surface area contributed by atoms with Crippen LogP contribution in [0.1, 0.15) is 11.1 Å². The van der Waals surface area contributed by atoms with Gasteiger partial charge in [-0.25, -0.2) is 8.42 Å². The number of hydrogen-bond acceptors (Lipinski definition) is 4. The van der Waals surface area contributed by atoms with Crippen LogP contribution in [-0.4, -0.2) is 14.2 Å². The first-order chi connectivity index (χ1) is 10.6. The second-order valence-corrected chi connectivity index (χ2v) is 9.23. The minimum absolute atomic E-state index is 0.0692. The van der Waals surface area contributed by atoms with Gasteiger partial charge >= 0.3 is 0 Å². The monoisotopic (exact) mass is 350 g/mol. The molecule has 2 aromatic rings. The maximum Gasteiger partial charge on any atom is 0.158 e. The lowest BCUT2D eigenvalue weighted by atomic mass is 10.2. The number of hydrogen-bond donors (Lipinski definition) is 0. The molecular formula is C17H18O2S3. The Bertz CT molecular complexity index is 710. The third-order valence-electron chi connectivity index (χ3n) is 2.91. The van der Waals surface area contributed by atoms with Gasteiger partial charge in [-0.15, -0.1) is 6.58 Å². The molecule has 0 aliphatic rings. The van der Waals surface area contributed by atoms with Gasteiger partial charge in [-0.1, -0.05) is 76.2 Å². The van der Waals surface area contributed by atoms with Crippen LogP contribution < -0.4 is 0 Å². The standard InChI is InChI=1S/C17H18O2S3/c1-2-12-20-21-17-11-7-6-10-16(17)14-22(18,19)13-15-8-4-3-5-9-15/h2-11H,1,12-14H2. The van der Waals surface area contributed by atoms with Crippen LogP contribution in [0.15, 0.2) is 72.1 Å². The largest absolute Gasteiger partial charge is 0.228 e. The van der Waals surface area contributed by atoms with Crippen LogP contribution in [0.25, 0.3) is 0 Å². The Balaban J connectivity index is 2.10. The molecule has 0 radical (unpaired) electrons. The van der Waals surface area contributed by atoms with E-state index in [0.717, 1.165) is 21.8 Å². The summed E-state index contributed by atoms with van der Waals surface area (Å²) in [6.07, 6.45) is 1.84. The molecule has 0 saturated heterocycles. The summed E-state index contributed by atoms with van der Waals surface area (Å²) in [6.45, 7) is 3.69. The van der Waals surface area contributed by atoms with Crippen LogP contribution in [0.3, 0.4) is 0 Å². The van der Waals surface area contributed by atoms with Crippen molar-refractivity contribution in [1.82, 2.24) is 0 Å². The van der Waals surface area contributed by atoms with Crippen molar-refractivity contribution >= 4 is 31.4 Å². The summed E-state index contributed by atoms with van der Waals surface area (Å²) in [4.78, 5) is 1.01. The van der Waals surface area contributed by atoms with Crippen molar-refractivity contribution in [2.45, 2.75) is 16.4 Å². The molecule has 0 aromatic heterocycles. The lowest BCUT2D eigenvalue weighted by molar-refractivity contribution is 0.594. The van der Waals surface area contributed by atoms with Gasteiger partial charge in [0.25, 0.3) is 0 Å². The van der Waals surface area contributed by atoms with Crippen molar-refractivity contribution in [1.29, 1.82) is 0 Å². The van der Waals surface area contributed by atoms with Crippen molar-refractivity contribution in [2.75, 3.05) is 5.75 Å². The summed E-state index contributed by atoms with van der Waals surface area (Å²) in [6, 6.07) is 17.0. The van der Waals surface area contributed by atoms with Gasteiger partial charge in [0.15, 0.2) is 9.84 Å². The van der Waals surface area contributed by atoms with Crippen molar-refractivity contribution < 1.29 is 8.42 Å². The van der Waals surface area contributed by atoms with E-state index in [1.54, 1.807) is 21.6 Å². The molecule has 2 aromatic carbocycles. The summed E-state index contributed by atoms with van der Waals surface area (Å²) in [7, 11) is 0.0703. The van der Waals surface area contributed by atoms with Gasteiger partial charge in [0.1, 0.15) is 0 Å². The fourth-order valence-corrected chi connectivity index (χ4v) is 5.62. The van der Waals surface area contributed by atoms with Gasteiger partial charge in [0, 0.05) is 10.6 Å². The van der Waals surface area contributed by atoms with E-state index in [-0.39, 0.29) is 11.5 Å². The smallest absolute Gasteiger partial charge is 0.158 e. The quantitative estimate of drug-likeness (QED) is 0.392. The molecule has 0 saturated carbocycles. The SMILES string of the molecule is C=CCSSc1ccccc1CS(=O)(=O)Cc1ccccc1. The third kappa shape index (κ3) is 5.55. The molecule has 2 rings (SSSR count). The average molecular weight is 351 g/mol. The summed E-state index contributed by atoms with van der Waals surface area (Å²) < 4.78 is 24.8. The van der Waals surface area contributed by atoms with Gasteiger partial charge in [0.05, 0.1) is 11.5 Å². The Kier molecular flexibility index (Phi) is 6.61. The van der Waals surface area contributed by atoms with Crippen molar-refractivity contribution in [3.8, 4) is 0 Å². The summed E-state index contributed by atoms with van der Waals surface area (Å²) in [5.74, 6) is 0.974. The molecule has 0 fully saturated rings. The zero-order valence-electron chi connectivity index (χ0n) is 12.1. The minimum atomic E-state index is -3.18. The lowest BCUT2D eigenvalue weighted by Gasteiger charge is -2.09. The fraction of sp³-hybridized carbons (Fsp3) is 0.176. The van der Waals surface area contributed by atoms with Crippen LogP contribution >= 0.6 is 21.6 Å². The van der Waals surface area contributed by atoms with E-state index in [1.165, 1.54) is 0 Å². The van der Waals surface area contributed by atoms with Gasteiger partial charge in [0.2, 0.25) is 0 Å². The average Bonchev–Trinajstić information content (AvgIpc) is 2.49. The van der Waals surface area contributed by atoms with E-state index in [2.05, 4.69) is 6.58 Å². The highest BCUT2D eigenvalue weighted by molar-refractivity contribution is 8.76. The van der Waals surface area contributed by atoms with Crippen LogP contribution in [0, 0.1) is 0 Å². The Hall–Kier alpha value is -1.17. The number of rotatable bonds is 8. The molecule has 0 atom stereocenters. The molecule has 0 aliphatic heterocycles. The third-order valence-corrected chi connectivity index (χ3v) is 6.80. The minimum Gasteiger partial charge on any atom is -0.228 e. The molecular weight excluding hydrogens is 332 g/mol. The van der Waals surface area contributed by atoms with Gasteiger partial charge in [-0.2, -0.15) is 0 Å². The Labute approximate surface area is 140 Å². The lowest BCUT2D eigenvalue weighted by Crippen LogP contribution is -2.08. The van der Waals surface area contributed by atoms with Gasteiger partial charge in [-0.05, 0) is 17.2 Å². The normalized spacial score (nSPS) is 11.3. The zero-order valence-corrected chi connectivity index (χ0v) is 14.6. The summed E-state index contributed by atoms with van der Waals surface area (Å²) >= 11 is 0. The van der Waals surface area contributed by atoms with Crippen LogP contribution in [-0.2, 0) is 21.3 Å². The zero-order chi connectivity index (χ0) is 15.8. The molecule has 2 nitrogen and oxygen atoms in total. The molecule has 0 bridgehead atoms. The number of sulfone groups is 1. The molecule has 0 spiro atoms. The van der Waals surface area contributed by atoms with E-state index in [9.17, 15) is 8.42 Å². The topological polar surface area (TPSA) is 34.1 Å². The van der Waals surface area contributed by atoms with E-state index >= 15 is 0 Å². The first kappa shape index (κ1) is 17.2. The van der Waals surface area contributed by atoms with Crippen LogP contribution in [0.2, 0.25) is 0 Å². The van der Waals surface area contributed by atoms with Gasteiger partial charge < -0.3 is 0 Å². The highest BCUT2D eigenvalue weighted by atomic mass is 33.1. The van der Waals surface area contributed by atoms with E-state index in [4.69, 9.17) is 0 Å². The summed E-state index contributed by atoms with van der Waals surface area (Å²) in [5, 5.41) is 0. The Morgan fingerprint density at radius 1 is 0.955 bits per heavy atom. The maximum absolute atomic E-state index is 12.4. The molecule has 0 amide bonds. The highest BCUT2D eigenvalue weighted by Crippen LogP contribution is 2.34. The maximum atomic E-state index is 12.4. The first-order valence-corrected chi connectivity index (χ1v) is 11.0. The molecule has 0 N–H and O–H groups in total. The molecule has 22 heavy (non-hydrogen) atoms. The van der Waals surface area contributed by atoms with Crippen LogP contribution in [0.5, 0.6) is 0 Å². The number of benzene rings is 2. The van der Waals surface area contributed by atoms with E-state index in [0.29, 0.717) is 0 Å².